The van der Waals surface area contributed by atoms with Crippen LogP contribution in [0.5, 0.6) is 23.0 Å². The van der Waals surface area contributed by atoms with Gasteiger partial charge in [-0.1, -0.05) is 23.7 Å². The molecular weight excluding hydrogens is 596 g/mol. The summed E-state index contributed by atoms with van der Waals surface area (Å²) in [6, 6.07) is 21.2. The van der Waals surface area contributed by atoms with Crippen molar-refractivity contribution in [3.8, 4) is 45.3 Å². The van der Waals surface area contributed by atoms with E-state index in [-0.39, 0.29) is 0 Å². The van der Waals surface area contributed by atoms with Crippen molar-refractivity contribution in [1.82, 2.24) is 0 Å². The first-order chi connectivity index (χ1) is 21.9. The van der Waals surface area contributed by atoms with Crippen molar-refractivity contribution in [1.29, 1.82) is 0 Å². The molecular formula is C36H37ClO8. The van der Waals surface area contributed by atoms with Gasteiger partial charge in [0.15, 0.2) is 6.29 Å². The average molecular weight is 633 g/mol. The number of methoxy groups -OCH3 is 5. The fraction of sp³-hybridized carbons (Fsp3) is 0.306. The zero-order valence-electron chi connectivity index (χ0n) is 26.1. The lowest BCUT2D eigenvalue weighted by Gasteiger charge is -2.24. The largest absolute Gasteiger partial charge is 0.496 e. The Morgan fingerprint density at radius 2 is 1.36 bits per heavy atom. The van der Waals surface area contributed by atoms with Gasteiger partial charge in [-0.15, -0.1) is 0 Å². The maximum atomic E-state index is 12.2. The van der Waals surface area contributed by atoms with Crippen molar-refractivity contribution < 1.29 is 38.0 Å². The van der Waals surface area contributed by atoms with Gasteiger partial charge in [0.05, 0.1) is 59.3 Å². The van der Waals surface area contributed by atoms with E-state index in [9.17, 15) is 4.79 Å². The molecule has 0 spiro atoms. The summed E-state index contributed by atoms with van der Waals surface area (Å²) in [7, 11) is 7.83. The Hall–Kier alpha value is -4.24. The number of esters is 1. The summed E-state index contributed by atoms with van der Waals surface area (Å²) < 4.78 is 39.4. The molecule has 0 atom stereocenters. The molecule has 0 saturated carbocycles. The predicted octanol–water partition coefficient (Wildman–Crippen LogP) is 7.72. The smallest absolute Gasteiger partial charge is 0.337 e. The SMILES string of the molecule is COC(=O)c1ccc(-c2cc(Cl)c(OC)cc2CCc2ccc(OC)c(-c3cc(C4OCCCO4)ccc3OC)c2)c(OC)c1. The molecule has 4 aromatic rings. The lowest BCUT2D eigenvalue weighted by molar-refractivity contribution is -0.183. The zero-order valence-corrected chi connectivity index (χ0v) is 26.9. The number of hydrogen-bond donors (Lipinski definition) is 0. The Morgan fingerprint density at radius 3 is 2.02 bits per heavy atom. The predicted molar refractivity (Wildman–Crippen MR) is 173 cm³/mol. The number of benzene rings is 4. The molecule has 45 heavy (non-hydrogen) atoms. The summed E-state index contributed by atoms with van der Waals surface area (Å²) >= 11 is 6.60. The van der Waals surface area contributed by atoms with Crippen LogP contribution < -0.4 is 18.9 Å². The number of aryl methyl sites for hydroxylation is 2. The van der Waals surface area contributed by atoms with E-state index < -0.39 is 12.3 Å². The third-order valence-corrected chi connectivity index (χ3v) is 8.15. The molecule has 0 amide bonds. The van der Waals surface area contributed by atoms with Crippen molar-refractivity contribution >= 4 is 17.6 Å². The first-order valence-corrected chi connectivity index (χ1v) is 15.0. The summed E-state index contributed by atoms with van der Waals surface area (Å²) in [6.45, 7) is 1.31. The van der Waals surface area contributed by atoms with Gasteiger partial charge in [-0.05, 0) is 90.6 Å². The van der Waals surface area contributed by atoms with Crippen LogP contribution in [-0.2, 0) is 27.1 Å². The second kappa shape index (κ2) is 14.7. The molecule has 1 heterocycles. The highest BCUT2D eigenvalue weighted by atomic mass is 35.5. The van der Waals surface area contributed by atoms with Crippen LogP contribution in [0.15, 0.2) is 66.7 Å². The molecule has 1 fully saturated rings. The Morgan fingerprint density at radius 1 is 0.689 bits per heavy atom. The third-order valence-electron chi connectivity index (χ3n) is 7.85. The van der Waals surface area contributed by atoms with E-state index in [0.29, 0.717) is 48.1 Å². The molecule has 0 aliphatic carbocycles. The van der Waals surface area contributed by atoms with Crippen LogP contribution in [0.4, 0.5) is 0 Å². The molecule has 0 bridgehead atoms. The van der Waals surface area contributed by atoms with Gasteiger partial charge in [0, 0.05) is 22.3 Å². The highest BCUT2D eigenvalue weighted by Gasteiger charge is 2.21. The number of hydrogen-bond acceptors (Lipinski definition) is 8. The minimum Gasteiger partial charge on any atom is -0.496 e. The second-order valence-corrected chi connectivity index (χ2v) is 10.9. The minimum atomic E-state index is -0.441. The van der Waals surface area contributed by atoms with Crippen LogP contribution in [0.25, 0.3) is 22.3 Å². The molecule has 0 N–H and O–H groups in total. The van der Waals surface area contributed by atoms with Crippen molar-refractivity contribution in [3.63, 3.8) is 0 Å². The lowest BCUT2D eigenvalue weighted by Crippen LogP contribution is -2.17. The number of carbonyl (C=O) groups is 1. The molecule has 1 aliphatic heterocycles. The molecule has 1 saturated heterocycles. The fourth-order valence-electron chi connectivity index (χ4n) is 5.53. The van der Waals surface area contributed by atoms with E-state index in [4.69, 9.17) is 44.8 Å². The van der Waals surface area contributed by atoms with E-state index >= 15 is 0 Å². The average Bonchev–Trinajstić information content (AvgIpc) is 3.10. The Balaban J connectivity index is 1.51. The van der Waals surface area contributed by atoms with Gasteiger partial charge in [-0.2, -0.15) is 0 Å². The highest BCUT2D eigenvalue weighted by molar-refractivity contribution is 6.32. The van der Waals surface area contributed by atoms with Gasteiger partial charge in [0.25, 0.3) is 0 Å². The standard InChI is InChI=1S/C36H37ClO8/c1-39-31-13-8-22(17-28(31)29-18-25(11-14-32(29)40-2)36-44-15-6-16-45-36)7-9-23-19-34(42-4)30(37)21-27(23)26-12-10-24(35(38)43-5)20-33(26)41-3/h8,10-14,17-21,36H,6-7,9,15-16H2,1-5H3. The van der Waals surface area contributed by atoms with Gasteiger partial charge in [-0.3, -0.25) is 0 Å². The monoisotopic (exact) mass is 632 g/mol. The van der Waals surface area contributed by atoms with E-state index in [1.165, 1.54) is 7.11 Å². The van der Waals surface area contributed by atoms with Crippen LogP contribution >= 0.6 is 11.6 Å². The van der Waals surface area contributed by atoms with Crippen LogP contribution in [0, 0.1) is 0 Å². The van der Waals surface area contributed by atoms with E-state index in [1.54, 1.807) is 40.6 Å². The molecule has 8 nitrogen and oxygen atoms in total. The number of carbonyl (C=O) groups excluding carboxylic acids is 1. The lowest BCUT2D eigenvalue weighted by atomic mass is 9.92. The summed E-state index contributed by atoms with van der Waals surface area (Å²) in [5, 5.41) is 0.472. The van der Waals surface area contributed by atoms with Gasteiger partial charge in [-0.25, -0.2) is 4.79 Å². The van der Waals surface area contributed by atoms with Gasteiger partial charge in [0.2, 0.25) is 0 Å². The molecule has 4 aromatic carbocycles. The molecule has 0 radical (unpaired) electrons. The van der Waals surface area contributed by atoms with Gasteiger partial charge in [0.1, 0.15) is 23.0 Å². The third kappa shape index (κ3) is 7.04. The minimum absolute atomic E-state index is 0.395. The molecule has 0 aromatic heterocycles. The maximum Gasteiger partial charge on any atom is 0.337 e. The summed E-state index contributed by atoms with van der Waals surface area (Å²) in [5.41, 5.74) is 6.88. The first-order valence-electron chi connectivity index (χ1n) is 14.6. The highest BCUT2D eigenvalue weighted by Crippen LogP contribution is 2.41. The van der Waals surface area contributed by atoms with Crippen molar-refractivity contribution in [2.45, 2.75) is 25.6 Å². The second-order valence-electron chi connectivity index (χ2n) is 10.5. The number of ether oxygens (including phenoxy) is 7. The van der Waals surface area contributed by atoms with Crippen LogP contribution in [-0.4, -0.2) is 54.7 Å². The number of halogens is 1. The quantitative estimate of drug-likeness (QED) is 0.156. The summed E-state index contributed by atoms with van der Waals surface area (Å²) in [5.74, 6) is 2.11. The normalized spacial score (nSPS) is 13.3. The van der Waals surface area contributed by atoms with Crippen molar-refractivity contribution in [3.05, 3.63) is 94.0 Å². The van der Waals surface area contributed by atoms with E-state index in [1.807, 2.05) is 42.5 Å². The van der Waals surface area contributed by atoms with Crippen molar-refractivity contribution in [2.75, 3.05) is 48.8 Å². The topological polar surface area (TPSA) is 81.7 Å². The fourth-order valence-corrected chi connectivity index (χ4v) is 5.77. The van der Waals surface area contributed by atoms with E-state index in [2.05, 4.69) is 12.1 Å². The first kappa shape index (κ1) is 32.2. The van der Waals surface area contributed by atoms with Crippen LogP contribution in [0.3, 0.4) is 0 Å². The number of rotatable bonds is 11. The van der Waals surface area contributed by atoms with Crippen LogP contribution in [0.2, 0.25) is 5.02 Å². The molecule has 1 aliphatic rings. The summed E-state index contributed by atoms with van der Waals surface area (Å²) in [4.78, 5) is 12.2. The molecule has 9 heteroatoms. The van der Waals surface area contributed by atoms with Crippen molar-refractivity contribution in [2.24, 2.45) is 0 Å². The Kier molecular flexibility index (Phi) is 10.5. The zero-order chi connectivity index (χ0) is 31.9. The molecule has 236 valence electrons. The van der Waals surface area contributed by atoms with E-state index in [0.717, 1.165) is 56.9 Å². The van der Waals surface area contributed by atoms with Gasteiger partial charge >= 0.3 is 5.97 Å². The maximum absolute atomic E-state index is 12.2. The Bertz CT molecular complexity index is 1660. The van der Waals surface area contributed by atoms with Gasteiger partial charge < -0.3 is 33.2 Å². The molecule has 5 rings (SSSR count). The summed E-state index contributed by atoms with van der Waals surface area (Å²) in [6.07, 6.45) is 1.82. The Labute approximate surface area is 268 Å². The van der Waals surface area contributed by atoms with Crippen LogP contribution in [0.1, 0.15) is 39.8 Å². The molecule has 0 unspecified atom stereocenters.